The predicted molar refractivity (Wildman–Crippen MR) is 90.9 cm³/mol. The zero-order valence-corrected chi connectivity index (χ0v) is 14.9. The monoisotopic (exact) mass is 328 g/mol. The highest BCUT2D eigenvalue weighted by atomic mass is 16.5. The van der Waals surface area contributed by atoms with E-state index < -0.39 is 0 Å². The molecule has 0 aromatic rings. The van der Waals surface area contributed by atoms with E-state index in [1.165, 1.54) is 5.57 Å². The van der Waals surface area contributed by atoms with Gasteiger partial charge in [0.15, 0.2) is 0 Å². The molecule has 0 unspecified atom stereocenters. The number of Topliss-reactive ketones (excluding diaryl/α,β-unsaturated/α-hetero) is 1. The Bertz CT molecular complexity index is 677. The number of allylic oxidation sites excluding steroid dienone is 4. The molecule has 24 heavy (non-hydrogen) atoms. The van der Waals surface area contributed by atoms with Gasteiger partial charge >= 0.3 is 0 Å². The zero-order chi connectivity index (χ0) is 16.9. The molecule has 0 aromatic carbocycles. The number of aliphatic hydroxyl groups is 1. The Morgan fingerprint density at radius 2 is 2.00 bits per heavy atom. The molecule has 0 bridgehead atoms. The molecule has 3 heteroatoms. The van der Waals surface area contributed by atoms with Crippen LogP contribution in [0.5, 0.6) is 0 Å². The first-order chi connectivity index (χ1) is 11.4. The van der Waals surface area contributed by atoms with Crippen LogP contribution in [-0.2, 0) is 9.53 Å². The minimum Gasteiger partial charge on any atom is -0.501 e. The van der Waals surface area contributed by atoms with Crippen LogP contribution in [0.15, 0.2) is 23.5 Å². The van der Waals surface area contributed by atoms with Crippen molar-refractivity contribution in [2.75, 3.05) is 7.11 Å². The topological polar surface area (TPSA) is 46.5 Å². The average molecular weight is 328 g/mol. The van der Waals surface area contributed by atoms with Crippen LogP contribution in [0.3, 0.4) is 0 Å². The van der Waals surface area contributed by atoms with E-state index >= 15 is 0 Å². The maximum atomic E-state index is 12.8. The first-order valence-corrected chi connectivity index (χ1v) is 9.58. The van der Waals surface area contributed by atoms with Gasteiger partial charge in [0.1, 0.15) is 5.78 Å². The number of hydrogen-bond acceptors (Lipinski definition) is 3. The molecule has 0 aromatic heterocycles. The van der Waals surface area contributed by atoms with Gasteiger partial charge in [0, 0.05) is 17.8 Å². The number of methoxy groups -OCH3 is 1. The molecule has 0 heterocycles. The van der Waals surface area contributed by atoms with Crippen molar-refractivity contribution in [3.8, 4) is 0 Å². The van der Waals surface area contributed by atoms with Gasteiger partial charge in [0.05, 0.1) is 19.0 Å². The molecule has 5 aliphatic carbocycles. The van der Waals surface area contributed by atoms with Gasteiger partial charge in [-0.1, -0.05) is 19.9 Å². The average Bonchev–Trinajstić information content (AvgIpc) is 3.28. The second-order valence-corrected chi connectivity index (χ2v) is 9.40. The molecule has 0 spiro atoms. The van der Waals surface area contributed by atoms with Crippen LogP contribution in [0.2, 0.25) is 0 Å². The number of carbonyl (C=O) groups excluding carboxylic acids is 1. The summed E-state index contributed by atoms with van der Waals surface area (Å²) in [5.41, 5.74) is 1.12. The largest absolute Gasteiger partial charge is 0.501 e. The third-order valence-corrected chi connectivity index (χ3v) is 8.38. The molecule has 0 radical (unpaired) electrons. The van der Waals surface area contributed by atoms with E-state index in [-0.39, 0.29) is 22.9 Å². The standard InChI is InChI=1S/C21H28O3/c1-20-7-6-12(24-3)8-11(20)4-5-13-17-14-9-15(14)19(23)21(17,2)10-16(22)18(13)20/h4,8,13-18,22H,5-7,9-10H2,1-3H3/t13-,14+,15-,16+,17+,18+,20-,21-/m0/s1. The number of ketones is 1. The molecular formula is C21H28O3. The molecule has 5 aliphatic rings. The van der Waals surface area contributed by atoms with Gasteiger partial charge in [0.25, 0.3) is 0 Å². The van der Waals surface area contributed by atoms with Crippen LogP contribution < -0.4 is 0 Å². The highest BCUT2D eigenvalue weighted by Crippen LogP contribution is 2.71. The van der Waals surface area contributed by atoms with Gasteiger partial charge in [0.2, 0.25) is 0 Å². The number of hydrogen-bond donors (Lipinski definition) is 1. The molecule has 1 N–H and O–H groups in total. The third kappa shape index (κ3) is 1.65. The van der Waals surface area contributed by atoms with Crippen molar-refractivity contribution in [2.24, 2.45) is 40.4 Å². The van der Waals surface area contributed by atoms with Gasteiger partial charge in [-0.25, -0.2) is 0 Å². The van der Waals surface area contributed by atoms with E-state index in [1.54, 1.807) is 7.11 Å². The second-order valence-electron chi connectivity index (χ2n) is 9.40. The van der Waals surface area contributed by atoms with Crippen molar-refractivity contribution in [3.63, 3.8) is 0 Å². The van der Waals surface area contributed by atoms with E-state index in [0.29, 0.717) is 35.9 Å². The normalized spacial score (nSPS) is 54.8. The molecule has 0 saturated heterocycles. The Morgan fingerprint density at radius 3 is 2.75 bits per heavy atom. The maximum Gasteiger partial charge on any atom is 0.142 e. The number of ether oxygens (including phenoxy) is 1. The summed E-state index contributed by atoms with van der Waals surface area (Å²) in [6.07, 6.45) is 9.03. The van der Waals surface area contributed by atoms with Gasteiger partial charge in [-0.15, -0.1) is 0 Å². The fourth-order valence-corrected chi connectivity index (χ4v) is 7.27. The van der Waals surface area contributed by atoms with E-state index in [9.17, 15) is 9.90 Å². The summed E-state index contributed by atoms with van der Waals surface area (Å²) in [4.78, 5) is 12.8. The van der Waals surface area contributed by atoms with Gasteiger partial charge in [-0.3, -0.25) is 4.79 Å². The lowest BCUT2D eigenvalue weighted by molar-refractivity contribution is -0.148. The van der Waals surface area contributed by atoms with E-state index in [0.717, 1.165) is 31.4 Å². The SMILES string of the molecule is COC1=CC2=CC[C@@H]3[C@H]([C@H](O)C[C@]4(C)C(=O)[C@H]5C[C@H]5[C@@H]34)[C@@]2(C)CC1. The third-order valence-electron chi connectivity index (χ3n) is 8.38. The van der Waals surface area contributed by atoms with Crippen molar-refractivity contribution in [1.29, 1.82) is 0 Å². The molecule has 0 amide bonds. The Balaban J connectivity index is 1.58. The lowest BCUT2D eigenvalue weighted by atomic mass is 9.47. The molecule has 3 nitrogen and oxygen atoms in total. The van der Waals surface area contributed by atoms with Crippen molar-refractivity contribution < 1.29 is 14.6 Å². The zero-order valence-electron chi connectivity index (χ0n) is 14.9. The Kier molecular flexibility index (Phi) is 2.88. The van der Waals surface area contributed by atoms with Gasteiger partial charge in [-0.05, 0) is 66.4 Å². The minimum absolute atomic E-state index is 0.0295. The summed E-state index contributed by atoms with van der Waals surface area (Å²) < 4.78 is 5.48. The van der Waals surface area contributed by atoms with Crippen LogP contribution in [0, 0.1) is 40.4 Å². The quantitative estimate of drug-likeness (QED) is 0.801. The summed E-state index contributed by atoms with van der Waals surface area (Å²) in [7, 11) is 1.75. The highest BCUT2D eigenvalue weighted by Gasteiger charge is 2.71. The number of rotatable bonds is 1. The van der Waals surface area contributed by atoms with E-state index in [2.05, 4.69) is 26.0 Å². The van der Waals surface area contributed by atoms with Crippen molar-refractivity contribution in [2.45, 2.75) is 52.1 Å². The van der Waals surface area contributed by atoms with Crippen LogP contribution in [0.1, 0.15) is 46.0 Å². The lowest BCUT2D eigenvalue weighted by Gasteiger charge is -2.58. The first kappa shape index (κ1) is 15.2. The van der Waals surface area contributed by atoms with Crippen molar-refractivity contribution in [1.82, 2.24) is 0 Å². The molecule has 130 valence electrons. The van der Waals surface area contributed by atoms with E-state index in [1.807, 2.05) is 0 Å². The Morgan fingerprint density at radius 1 is 1.21 bits per heavy atom. The Labute approximate surface area is 144 Å². The molecule has 8 atom stereocenters. The van der Waals surface area contributed by atoms with Crippen LogP contribution in [0.25, 0.3) is 0 Å². The van der Waals surface area contributed by atoms with Gasteiger partial charge in [-0.2, -0.15) is 0 Å². The number of fused-ring (bicyclic) bond motifs is 7. The van der Waals surface area contributed by atoms with Crippen LogP contribution in [-0.4, -0.2) is 24.1 Å². The first-order valence-electron chi connectivity index (χ1n) is 9.58. The summed E-state index contributed by atoms with van der Waals surface area (Å²) in [6, 6.07) is 0. The minimum atomic E-state index is -0.358. The molecule has 5 rings (SSSR count). The predicted octanol–water partition coefficient (Wildman–Crippen LogP) is 3.49. The number of aliphatic hydroxyl groups excluding tert-OH is 1. The fourth-order valence-electron chi connectivity index (χ4n) is 7.27. The lowest BCUT2D eigenvalue weighted by Crippen LogP contribution is -2.56. The van der Waals surface area contributed by atoms with Crippen molar-refractivity contribution >= 4 is 5.78 Å². The smallest absolute Gasteiger partial charge is 0.142 e. The van der Waals surface area contributed by atoms with Crippen molar-refractivity contribution in [3.05, 3.63) is 23.5 Å². The fraction of sp³-hybridized carbons (Fsp3) is 0.762. The van der Waals surface area contributed by atoms with Crippen LogP contribution in [0.4, 0.5) is 0 Å². The molecule has 3 fully saturated rings. The number of carbonyl (C=O) groups is 1. The summed E-state index contributed by atoms with van der Waals surface area (Å²) in [5, 5.41) is 11.1. The van der Waals surface area contributed by atoms with Crippen LogP contribution >= 0.6 is 0 Å². The summed E-state index contributed by atoms with van der Waals surface area (Å²) in [5.74, 6) is 3.69. The summed E-state index contributed by atoms with van der Waals surface area (Å²) in [6.45, 7) is 4.49. The molecule has 0 aliphatic heterocycles. The second kappa shape index (κ2) is 4.55. The van der Waals surface area contributed by atoms with Gasteiger partial charge < -0.3 is 9.84 Å². The van der Waals surface area contributed by atoms with E-state index in [4.69, 9.17) is 4.74 Å². The molecule has 3 saturated carbocycles. The highest BCUT2D eigenvalue weighted by molar-refractivity contribution is 5.93. The Hall–Kier alpha value is -1.09. The molecular weight excluding hydrogens is 300 g/mol. The maximum absolute atomic E-state index is 12.8. The summed E-state index contributed by atoms with van der Waals surface area (Å²) >= 11 is 0.